The molecule has 152 valence electrons. The fraction of sp³-hybridized carbons (Fsp3) is 0.542. The smallest absolute Gasteiger partial charge is 0.311 e. The standard InChI is InChI=1S/C24H34N2O2/c1-3-5-6-7-8-9-10-11-13-21-18-26-23(19-25-21)20-14-16-22(17-15-20)28-24(27)12-4-2/h14-19H,3-13H2,1-2H3. The molecule has 0 bridgehead atoms. The molecular weight excluding hydrogens is 348 g/mol. The lowest BCUT2D eigenvalue weighted by atomic mass is 10.1. The average Bonchev–Trinajstić information content (AvgIpc) is 2.71. The zero-order valence-electron chi connectivity index (χ0n) is 17.5. The average molecular weight is 383 g/mol. The minimum Gasteiger partial charge on any atom is -0.427 e. The van der Waals surface area contributed by atoms with Gasteiger partial charge in [-0.15, -0.1) is 0 Å². The third kappa shape index (κ3) is 8.20. The maximum absolute atomic E-state index is 11.5. The van der Waals surface area contributed by atoms with E-state index in [2.05, 4.69) is 16.9 Å². The molecule has 0 amide bonds. The van der Waals surface area contributed by atoms with Crippen LogP contribution in [0.5, 0.6) is 5.75 Å². The number of unbranched alkanes of at least 4 members (excludes halogenated alkanes) is 7. The van der Waals surface area contributed by atoms with Gasteiger partial charge in [-0.05, 0) is 43.5 Å². The van der Waals surface area contributed by atoms with E-state index in [0.29, 0.717) is 12.2 Å². The second-order valence-corrected chi connectivity index (χ2v) is 7.37. The molecule has 2 rings (SSSR count). The Morgan fingerprint density at radius 3 is 2.11 bits per heavy atom. The SMILES string of the molecule is CCCCCCCCCCc1cnc(-c2ccc(OC(=O)CCC)cc2)cn1. The van der Waals surface area contributed by atoms with E-state index in [1.54, 1.807) is 12.1 Å². The summed E-state index contributed by atoms with van der Waals surface area (Å²) in [6, 6.07) is 7.44. The number of hydrogen-bond acceptors (Lipinski definition) is 4. The van der Waals surface area contributed by atoms with Crippen molar-refractivity contribution < 1.29 is 9.53 Å². The Labute approximate surface area is 169 Å². The van der Waals surface area contributed by atoms with Crippen LogP contribution in [0.4, 0.5) is 0 Å². The molecule has 0 aliphatic heterocycles. The summed E-state index contributed by atoms with van der Waals surface area (Å²) in [7, 11) is 0. The summed E-state index contributed by atoms with van der Waals surface area (Å²) in [5, 5.41) is 0. The monoisotopic (exact) mass is 382 g/mol. The second kappa shape index (κ2) is 13.0. The topological polar surface area (TPSA) is 52.1 Å². The summed E-state index contributed by atoms with van der Waals surface area (Å²) in [5.41, 5.74) is 2.87. The lowest BCUT2D eigenvalue weighted by molar-refractivity contribution is -0.134. The Hall–Kier alpha value is -2.23. The van der Waals surface area contributed by atoms with Gasteiger partial charge in [0.25, 0.3) is 0 Å². The molecule has 0 atom stereocenters. The molecule has 2 aromatic rings. The van der Waals surface area contributed by atoms with Crippen LogP contribution in [0.3, 0.4) is 0 Å². The predicted molar refractivity (Wildman–Crippen MR) is 114 cm³/mol. The molecule has 0 radical (unpaired) electrons. The number of carbonyl (C=O) groups excluding carboxylic acids is 1. The van der Waals surface area contributed by atoms with Gasteiger partial charge in [-0.25, -0.2) is 0 Å². The van der Waals surface area contributed by atoms with Gasteiger partial charge in [-0.3, -0.25) is 14.8 Å². The van der Waals surface area contributed by atoms with Gasteiger partial charge in [0.15, 0.2) is 0 Å². The van der Waals surface area contributed by atoms with E-state index >= 15 is 0 Å². The van der Waals surface area contributed by atoms with Crippen molar-refractivity contribution in [2.24, 2.45) is 0 Å². The molecule has 1 heterocycles. The van der Waals surface area contributed by atoms with Gasteiger partial charge in [0.2, 0.25) is 0 Å². The van der Waals surface area contributed by atoms with Crippen LogP contribution in [0.2, 0.25) is 0 Å². The van der Waals surface area contributed by atoms with E-state index < -0.39 is 0 Å². The Morgan fingerprint density at radius 2 is 1.50 bits per heavy atom. The third-order valence-electron chi connectivity index (χ3n) is 4.83. The summed E-state index contributed by atoms with van der Waals surface area (Å²) in [6.45, 7) is 4.22. The second-order valence-electron chi connectivity index (χ2n) is 7.37. The van der Waals surface area contributed by atoms with Crippen molar-refractivity contribution in [2.45, 2.75) is 84.5 Å². The highest BCUT2D eigenvalue weighted by molar-refractivity contribution is 5.72. The lowest BCUT2D eigenvalue weighted by Crippen LogP contribution is -2.06. The quantitative estimate of drug-likeness (QED) is 0.224. The van der Waals surface area contributed by atoms with Crippen LogP contribution >= 0.6 is 0 Å². The predicted octanol–water partition coefficient (Wildman–Crippen LogP) is 6.53. The lowest BCUT2D eigenvalue weighted by Gasteiger charge is -2.06. The van der Waals surface area contributed by atoms with Gasteiger partial charge in [-0.1, -0.05) is 58.8 Å². The molecule has 0 saturated heterocycles. The van der Waals surface area contributed by atoms with Crippen LogP contribution in [0, 0.1) is 0 Å². The molecule has 1 aromatic heterocycles. The molecular formula is C24H34N2O2. The molecule has 0 aliphatic rings. The summed E-state index contributed by atoms with van der Waals surface area (Å²) < 4.78 is 5.28. The zero-order valence-corrected chi connectivity index (χ0v) is 17.5. The van der Waals surface area contributed by atoms with Crippen LogP contribution < -0.4 is 4.74 Å². The van der Waals surface area contributed by atoms with Crippen molar-refractivity contribution in [3.05, 3.63) is 42.4 Å². The minimum atomic E-state index is -0.194. The molecule has 1 aromatic carbocycles. The van der Waals surface area contributed by atoms with Crippen LogP contribution in [-0.4, -0.2) is 15.9 Å². The van der Waals surface area contributed by atoms with Crippen molar-refractivity contribution in [3.63, 3.8) is 0 Å². The van der Waals surface area contributed by atoms with E-state index in [1.165, 1.54) is 51.4 Å². The first-order valence-electron chi connectivity index (χ1n) is 10.8. The fourth-order valence-electron chi connectivity index (χ4n) is 3.15. The number of hydrogen-bond donors (Lipinski definition) is 0. The van der Waals surface area contributed by atoms with Crippen LogP contribution in [0.1, 0.15) is 83.7 Å². The first kappa shape index (κ1) is 22.1. The number of ether oxygens (including phenoxy) is 1. The number of aryl methyl sites for hydroxylation is 1. The van der Waals surface area contributed by atoms with E-state index in [0.717, 1.165) is 29.8 Å². The summed E-state index contributed by atoms with van der Waals surface area (Å²) in [6.07, 6.45) is 16.5. The van der Waals surface area contributed by atoms with E-state index in [9.17, 15) is 4.79 Å². The van der Waals surface area contributed by atoms with Crippen LogP contribution in [0.15, 0.2) is 36.7 Å². The van der Waals surface area contributed by atoms with E-state index in [-0.39, 0.29) is 5.97 Å². The van der Waals surface area contributed by atoms with Gasteiger partial charge >= 0.3 is 5.97 Å². The third-order valence-corrected chi connectivity index (χ3v) is 4.83. The normalized spacial score (nSPS) is 10.8. The maximum atomic E-state index is 11.5. The Kier molecular flexibility index (Phi) is 10.3. The summed E-state index contributed by atoms with van der Waals surface area (Å²) in [5.74, 6) is 0.377. The highest BCUT2D eigenvalue weighted by atomic mass is 16.5. The van der Waals surface area contributed by atoms with Crippen LogP contribution in [-0.2, 0) is 11.2 Å². The number of nitrogens with zero attached hydrogens (tertiary/aromatic N) is 2. The Morgan fingerprint density at radius 1 is 0.821 bits per heavy atom. The minimum absolute atomic E-state index is 0.194. The fourth-order valence-corrected chi connectivity index (χ4v) is 3.15. The van der Waals surface area contributed by atoms with Gasteiger partial charge in [0, 0.05) is 18.2 Å². The van der Waals surface area contributed by atoms with Crippen molar-refractivity contribution >= 4 is 5.97 Å². The van der Waals surface area contributed by atoms with Crippen molar-refractivity contribution in [2.75, 3.05) is 0 Å². The molecule has 4 heteroatoms. The maximum Gasteiger partial charge on any atom is 0.311 e. The first-order valence-corrected chi connectivity index (χ1v) is 10.8. The van der Waals surface area contributed by atoms with Gasteiger partial charge in [0.1, 0.15) is 5.75 Å². The number of benzene rings is 1. The molecule has 0 aliphatic carbocycles. The first-order chi connectivity index (χ1) is 13.7. The van der Waals surface area contributed by atoms with Crippen molar-refractivity contribution in [1.82, 2.24) is 9.97 Å². The highest BCUT2D eigenvalue weighted by Crippen LogP contribution is 2.21. The number of carbonyl (C=O) groups is 1. The zero-order chi connectivity index (χ0) is 20.0. The van der Waals surface area contributed by atoms with Gasteiger partial charge in [-0.2, -0.15) is 0 Å². The Balaban J connectivity index is 1.73. The van der Waals surface area contributed by atoms with E-state index in [1.807, 2.05) is 31.5 Å². The van der Waals surface area contributed by atoms with Crippen LogP contribution in [0.25, 0.3) is 11.3 Å². The number of rotatable bonds is 13. The highest BCUT2D eigenvalue weighted by Gasteiger charge is 2.05. The molecule has 28 heavy (non-hydrogen) atoms. The van der Waals surface area contributed by atoms with Gasteiger partial charge in [0.05, 0.1) is 17.6 Å². The van der Waals surface area contributed by atoms with Crippen molar-refractivity contribution in [3.8, 4) is 17.0 Å². The molecule has 0 fully saturated rings. The molecule has 0 N–H and O–H groups in total. The molecule has 0 saturated carbocycles. The Bertz CT molecular complexity index is 681. The summed E-state index contributed by atoms with van der Waals surface area (Å²) in [4.78, 5) is 20.7. The largest absolute Gasteiger partial charge is 0.427 e. The van der Waals surface area contributed by atoms with Crippen molar-refractivity contribution in [1.29, 1.82) is 0 Å². The number of esters is 1. The number of aromatic nitrogens is 2. The van der Waals surface area contributed by atoms with Gasteiger partial charge < -0.3 is 4.74 Å². The van der Waals surface area contributed by atoms with E-state index in [4.69, 9.17) is 4.74 Å². The molecule has 0 unspecified atom stereocenters. The summed E-state index contributed by atoms with van der Waals surface area (Å²) >= 11 is 0. The molecule has 0 spiro atoms. The molecule has 4 nitrogen and oxygen atoms in total.